The summed E-state index contributed by atoms with van der Waals surface area (Å²) in [6, 6.07) is -0.0536. The van der Waals surface area contributed by atoms with Gasteiger partial charge in [-0.05, 0) is 0 Å². The van der Waals surface area contributed by atoms with Gasteiger partial charge in [0.1, 0.15) is 18.3 Å². The van der Waals surface area contributed by atoms with Crippen LogP contribution in [0.1, 0.15) is 0 Å². The fourth-order valence-corrected chi connectivity index (χ4v) is 1.51. The summed E-state index contributed by atoms with van der Waals surface area (Å²) in [5.41, 5.74) is 5.62. The largest absolute Gasteiger partial charge is 0.388 e. The molecule has 3 N–H and O–H groups in total. The van der Waals surface area contributed by atoms with Crippen molar-refractivity contribution in [3.05, 3.63) is 0 Å². The second-order valence-electron chi connectivity index (χ2n) is 2.83. The Kier molecular flexibility index (Phi) is 2.72. The number of halogens is 1. The van der Waals surface area contributed by atoms with Gasteiger partial charge in [-0.25, -0.2) is 0 Å². The van der Waals surface area contributed by atoms with E-state index in [1.54, 1.807) is 0 Å². The van der Waals surface area contributed by atoms with Crippen LogP contribution in [0.4, 0.5) is 0 Å². The van der Waals surface area contributed by atoms with Gasteiger partial charge in [0.15, 0.2) is 0 Å². The molecule has 0 aromatic carbocycles. The molecular weight excluding hydrogens is 170 g/mol. The maximum atomic E-state index is 9.21. The number of ether oxygens (including phenoxy) is 2. The van der Waals surface area contributed by atoms with Crippen LogP contribution in [-0.4, -0.2) is 42.7 Å². The number of aliphatic hydroxyl groups is 1. The van der Waals surface area contributed by atoms with Gasteiger partial charge < -0.3 is 20.3 Å². The summed E-state index contributed by atoms with van der Waals surface area (Å²) >= 11 is 0. The van der Waals surface area contributed by atoms with Gasteiger partial charge in [0.05, 0.1) is 19.3 Å². The zero-order valence-corrected chi connectivity index (χ0v) is 6.79. The van der Waals surface area contributed by atoms with Crippen molar-refractivity contribution < 1.29 is 14.6 Å². The van der Waals surface area contributed by atoms with Gasteiger partial charge in [0.2, 0.25) is 0 Å². The number of fused-ring (bicyclic) bond motifs is 1. The van der Waals surface area contributed by atoms with Crippen LogP contribution in [0.5, 0.6) is 0 Å². The SMILES string of the molecule is Cl.N[C@H]1CO[C@H]2[C@@H]1OC[C@H]2O. The Morgan fingerprint density at radius 3 is 2.45 bits per heavy atom. The van der Waals surface area contributed by atoms with Crippen LogP contribution < -0.4 is 5.73 Å². The maximum Gasteiger partial charge on any atom is 0.113 e. The van der Waals surface area contributed by atoms with Crippen LogP contribution in [0.25, 0.3) is 0 Å². The topological polar surface area (TPSA) is 64.7 Å². The molecule has 0 aromatic heterocycles. The Balaban J connectivity index is 0.000000605. The summed E-state index contributed by atoms with van der Waals surface area (Å²) in [7, 11) is 0. The third-order valence-corrected chi connectivity index (χ3v) is 2.07. The Hall–Kier alpha value is 0.130. The molecule has 2 heterocycles. The molecule has 2 saturated heterocycles. The molecule has 4 atom stereocenters. The Labute approximate surface area is 71.1 Å². The highest BCUT2D eigenvalue weighted by molar-refractivity contribution is 5.85. The molecule has 2 aliphatic heterocycles. The van der Waals surface area contributed by atoms with Gasteiger partial charge in [0, 0.05) is 0 Å². The molecule has 0 amide bonds. The van der Waals surface area contributed by atoms with Crippen LogP contribution in [0.15, 0.2) is 0 Å². The number of rotatable bonds is 0. The molecule has 2 rings (SSSR count). The quantitative estimate of drug-likeness (QED) is 0.498. The van der Waals surface area contributed by atoms with Gasteiger partial charge in [-0.2, -0.15) is 0 Å². The zero-order valence-electron chi connectivity index (χ0n) is 5.97. The first kappa shape index (κ1) is 9.22. The van der Waals surface area contributed by atoms with Crippen molar-refractivity contribution in [1.29, 1.82) is 0 Å². The van der Waals surface area contributed by atoms with Crippen LogP contribution in [0.3, 0.4) is 0 Å². The number of aliphatic hydroxyl groups excluding tert-OH is 1. The number of hydrogen-bond donors (Lipinski definition) is 2. The lowest BCUT2D eigenvalue weighted by atomic mass is 10.1. The zero-order chi connectivity index (χ0) is 7.14. The first-order chi connectivity index (χ1) is 4.79. The second-order valence-corrected chi connectivity index (χ2v) is 2.83. The second kappa shape index (κ2) is 3.25. The predicted octanol–water partition coefficient (Wildman–Crippen LogP) is -1.11. The smallest absolute Gasteiger partial charge is 0.113 e. The van der Waals surface area contributed by atoms with E-state index in [1.165, 1.54) is 0 Å². The van der Waals surface area contributed by atoms with E-state index in [4.69, 9.17) is 15.2 Å². The number of nitrogens with two attached hydrogens (primary N) is 1. The summed E-state index contributed by atoms with van der Waals surface area (Å²) in [5, 5.41) is 9.21. The third-order valence-electron chi connectivity index (χ3n) is 2.07. The number of hydrogen-bond acceptors (Lipinski definition) is 4. The molecule has 4 nitrogen and oxygen atoms in total. The van der Waals surface area contributed by atoms with Crippen molar-refractivity contribution >= 4 is 12.4 Å². The summed E-state index contributed by atoms with van der Waals surface area (Å²) < 4.78 is 10.4. The summed E-state index contributed by atoms with van der Waals surface area (Å²) in [6.07, 6.45) is -0.719. The molecule has 0 aliphatic carbocycles. The first-order valence-corrected chi connectivity index (χ1v) is 3.46. The lowest BCUT2D eigenvalue weighted by molar-refractivity contribution is 0.0182. The van der Waals surface area contributed by atoms with Gasteiger partial charge in [-0.3, -0.25) is 0 Å². The fraction of sp³-hybridized carbons (Fsp3) is 1.00. The van der Waals surface area contributed by atoms with E-state index in [-0.39, 0.29) is 30.7 Å². The summed E-state index contributed by atoms with van der Waals surface area (Å²) in [4.78, 5) is 0. The van der Waals surface area contributed by atoms with Crippen molar-refractivity contribution in [2.75, 3.05) is 13.2 Å². The van der Waals surface area contributed by atoms with Crippen molar-refractivity contribution in [2.45, 2.75) is 24.4 Å². The molecule has 0 aromatic rings. The van der Waals surface area contributed by atoms with E-state index in [1.807, 2.05) is 0 Å². The molecule has 2 fully saturated rings. The summed E-state index contributed by atoms with van der Waals surface area (Å²) in [6.45, 7) is 0.870. The fourth-order valence-electron chi connectivity index (χ4n) is 1.51. The van der Waals surface area contributed by atoms with Gasteiger partial charge >= 0.3 is 0 Å². The molecule has 0 bridgehead atoms. The predicted molar refractivity (Wildman–Crippen MR) is 40.7 cm³/mol. The minimum atomic E-state index is -0.474. The average molecular weight is 182 g/mol. The van der Waals surface area contributed by atoms with E-state index in [0.29, 0.717) is 13.2 Å². The molecule has 2 aliphatic rings. The van der Waals surface area contributed by atoms with Crippen molar-refractivity contribution in [3.63, 3.8) is 0 Å². The Morgan fingerprint density at radius 1 is 1.18 bits per heavy atom. The highest BCUT2D eigenvalue weighted by Crippen LogP contribution is 2.25. The van der Waals surface area contributed by atoms with Gasteiger partial charge in [-0.1, -0.05) is 0 Å². The van der Waals surface area contributed by atoms with Crippen molar-refractivity contribution in [2.24, 2.45) is 5.73 Å². The molecule has 0 saturated carbocycles. The standard InChI is InChI=1S/C6H11NO3.ClH/c7-3-1-9-6-4(8)2-10-5(3)6;/h3-6,8H,1-2,7H2;1H/t3-,4+,5+,6+;/m0./s1. The summed E-state index contributed by atoms with van der Waals surface area (Å²) in [5.74, 6) is 0. The van der Waals surface area contributed by atoms with E-state index in [2.05, 4.69) is 0 Å². The minimum absolute atomic E-state index is 0. The third kappa shape index (κ3) is 1.37. The molecule has 0 unspecified atom stereocenters. The normalized spacial score (nSPS) is 48.5. The van der Waals surface area contributed by atoms with Crippen LogP contribution in [-0.2, 0) is 9.47 Å². The van der Waals surface area contributed by atoms with Crippen molar-refractivity contribution in [1.82, 2.24) is 0 Å². The molecule has 66 valence electrons. The molecule has 11 heavy (non-hydrogen) atoms. The van der Waals surface area contributed by atoms with E-state index < -0.39 is 6.10 Å². The van der Waals surface area contributed by atoms with Gasteiger partial charge in [-0.15, -0.1) is 12.4 Å². The van der Waals surface area contributed by atoms with E-state index >= 15 is 0 Å². The molecule has 0 radical (unpaired) electrons. The van der Waals surface area contributed by atoms with Gasteiger partial charge in [0.25, 0.3) is 0 Å². The van der Waals surface area contributed by atoms with E-state index in [9.17, 15) is 5.11 Å². The minimum Gasteiger partial charge on any atom is -0.388 e. The molecular formula is C6H12ClNO3. The first-order valence-electron chi connectivity index (χ1n) is 3.46. The monoisotopic (exact) mass is 181 g/mol. The van der Waals surface area contributed by atoms with Crippen LogP contribution >= 0.6 is 12.4 Å². The Morgan fingerprint density at radius 2 is 1.82 bits per heavy atom. The van der Waals surface area contributed by atoms with E-state index in [0.717, 1.165) is 0 Å². The van der Waals surface area contributed by atoms with Crippen LogP contribution in [0.2, 0.25) is 0 Å². The highest BCUT2D eigenvalue weighted by Gasteiger charge is 2.45. The highest BCUT2D eigenvalue weighted by atomic mass is 35.5. The van der Waals surface area contributed by atoms with Crippen LogP contribution in [0, 0.1) is 0 Å². The molecule has 0 spiro atoms. The lowest BCUT2D eigenvalue weighted by Gasteiger charge is -2.10. The Bertz CT molecular complexity index is 130. The van der Waals surface area contributed by atoms with Crippen molar-refractivity contribution in [3.8, 4) is 0 Å². The lowest BCUT2D eigenvalue weighted by Crippen LogP contribution is -2.36. The maximum absolute atomic E-state index is 9.21. The average Bonchev–Trinajstić information content (AvgIpc) is 2.41. The molecule has 5 heteroatoms.